The molecule has 1 aliphatic rings. The Morgan fingerprint density at radius 1 is 1.22 bits per heavy atom. The van der Waals surface area contributed by atoms with Crippen molar-refractivity contribution in [2.45, 2.75) is 4.90 Å². The predicted octanol–water partition coefficient (Wildman–Crippen LogP) is 1.24. The lowest BCUT2D eigenvalue weighted by Crippen LogP contribution is -2.14. The molecule has 0 aliphatic carbocycles. The van der Waals surface area contributed by atoms with Crippen LogP contribution in [0, 0.1) is 11.3 Å². The minimum Gasteiger partial charge on any atom is -0.277 e. The van der Waals surface area contributed by atoms with Crippen LogP contribution in [0.4, 0.5) is 11.6 Å². The lowest BCUT2D eigenvalue weighted by molar-refractivity contribution is -0.115. The van der Waals surface area contributed by atoms with Crippen LogP contribution in [0.25, 0.3) is 0 Å². The third kappa shape index (κ3) is 4.66. The van der Waals surface area contributed by atoms with Gasteiger partial charge in [0.15, 0.2) is 5.71 Å². The molecule has 1 aromatic heterocycles. The van der Waals surface area contributed by atoms with Crippen molar-refractivity contribution in [3.8, 4) is 6.07 Å². The molecule has 2 N–H and O–H groups in total. The molecule has 1 amide bonds. The fraction of sp³-hybridized carbons (Fsp3) is 0.0667. The monoisotopic (exact) mass is 401 g/mol. The van der Waals surface area contributed by atoms with Gasteiger partial charge >= 0.3 is 0 Å². The van der Waals surface area contributed by atoms with E-state index in [0.717, 1.165) is 11.8 Å². The van der Waals surface area contributed by atoms with E-state index >= 15 is 0 Å². The van der Waals surface area contributed by atoms with E-state index in [1.54, 1.807) is 6.07 Å². The largest absolute Gasteiger partial charge is 0.277 e. The van der Waals surface area contributed by atoms with Crippen LogP contribution in [0.15, 0.2) is 57.7 Å². The first-order valence-corrected chi connectivity index (χ1v) is 9.83. The van der Waals surface area contributed by atoms with Gasteiger partial charge in [0.1, 0.15) is 11.1 Å². The van der Waals surface area contributed by atoms with Gasteiger partial charge in [-0.1, -0.05) is 11.8 Å². The van der Waals surface area contributed by atoms with Gasteiger partial charge in [-0.3, -0.25) is 10.2 Å². The maximum Gasteiger partial charge on any atom is 0.264 e. The van der Waals surface area contributed by atoms with Crippen LogP contribution in [0.5, 0.6) is 0 Å². The average molecular weight is 401 g/mol. The van der Waals surface area contributed by atoms with Gasteiger partial charge in [0.25, 0.3) is 15.9 Å². The van der Waals surface area contributed by atoms with E-state index in [2.05, 4.69) is 30.2 Å². The number of nitriles is 1. The molecule has 27 heavy (non-hydrogen) atoms. The average Bonchev–Trinajstić information content (AvgIpc) is 3.09. The number of aromatic nitrogens is 2. The highest BCUT2D eigenvalue weighted by molar-refractivity contribution is 8.16. The first-order chi connectivity index (χ1) is 13.0. The number of rotatable bonds is 6. The number of benzene rings is 1. The molecule has 2 aromatic rings. The summed E-state index contributed by atoms with van der Waals surface area (Å²) in [6, 6.07) is 9.11. The molecule has 0 spiro atoms. The molecular formula is C15H11N7O3S2. The van der Waals surface area contributed by atoms with Gasteiger partial charge in [-0.2, -0.15) is 10.4 Å². The van der Waals surface area contributed by atoms with E-state index in [1.165, 1.54) is 36.7 Å². The maximum absolute atomic E-state index is 12.3. The Hall–Kier alpha value is -3.30. The van der Waals surface area contributed by atoms with E-state index in [9.17, 15) is 13.2 Å². The van der Waals surface area contributed by atoms with Gasteiger partial charge in [-0.05, 0) is 30.3 Å². The maximum atomic E-state index is 12.3. The van der Waals surface area contributed by atoms with E-state index in [4.69, 9.17) is 5.26 Å². The molecule has 0 fully saturated rings. The number of hydrogen-bond acceptors (Lipinski definition) is 9. The summed E-state index contributed by atoms with van der Waals surface area (Å²) in [7, 11) is -3.84. The van der Waals surface area contributed by atoms with E-state index < -0.39 is 10.0 Å². The van der Waals surface area contributed by atoms with Gasteiger partial charge < -0.3 is 0 Å². The number of carbonyl (C=O) groups is 1. The summed E-state index contributed by atoms with van der Waals surface area (Å²) < 4.78 is 26.9. The molecule has 1 aromatic carbocycles. The van der Waals surface area contributed by atoms with E-state index in [1.807, 2.05) is 6.07 Å². The summed E-state index contributed by atoms with van der Waals surface area (Å²) in [5.74, 6) is -0.171. The highest BCUT2D eigenvalue weighted by Crippen LogP contribution is 2.17. The van der Waals surface area contributed by atoms with E-state index in [-0.39, 0.29) is 33.3 Å². The zero-order valence-electron chi connectivity index (χ0n) is 13.5. The first-order valence-electron chi connectivity index (χ1n) is 7.36. The number of aliphatic imine (C=N–C) groups is 1. The number of nitrogens with one attached hydrogen (secondary N) is 2. The predicted molar refractivity (Wildman–Crippen MR) is 101 cm³/mol. The Bertz CT molecular complexity index is 1060. The smallest absolute Gasteiger partial charge is 0.264 e. The summed E-state index contributed by atoms with van der Waals surface area (Å²) in [5, 5.41) is 13.3. The number of hydrazone groups is 1. The minimum absolute atomic E-state index is 0.00584. The van der Waals surface area contributed by atoms with Crippen LogP contribution in [0.1, 0.15) is 0 Å². The molecule has 136 valence electrons. The topological polar surface area (TPSA) is 150 Å². The molecular weight excluding hydrogens is 390 g/mol. The van der Waals surface area contributed by atoms with Gasteiger partial charge in [-0.15, -0.1) is 0 Å². The fourth-order valence-corrected chi connectivity index (χ4v) is 3.59. The summed E-state index contributed by atoms with van der Waals surface area (Å²) in [6.45, 7) is 0. The highest BCUT2D eigenvalue weighted by atomic mass is 32.2. The Labute approximate surface area is 158 Å². The van der Waals surface area contributed by atoms with E-state index in [0.29, 0.717) is 5.69 Å². The summed E-state index contributed by atoms with van der Waals surface area (Å²) in [4.78, 5) is 22.5. The first kappa shape index (κ1) is 18.5. The molecule has 0 atom stereocenters. The SMILES string of the molecule is N#C/C(=N\Nc1ccc(S(=O)(=O)Nc2ncccn2)cc1)C1=NC(=O)CS1. The van der Waals surface area contributed by atoms with Gasteiger partial charge in [-0.25, -0.2) is 28.1 Å². The zero-order chi connectivity index (χ0) is 19.3. The molecule has 12 heteroatoms. The molecule has 3 rings (SSSR count). The van der Waals surface area contributed by atoms with Crippen molar-refractivity contribution in [3.63, 3.8) is 0 Å². The van der Waals surface area contributed by atoms with Crippen LogP contribution in [0.3, 0.4) is 0 Å². The second kappa shape index (κ2) is 7.94. The normalized spacial score (nSPS) is 14.4. The van der Waals surface area contributed by atoms with Crippen LogP contribution < -0.4 is 10.1 Å². The van der Waals surface area contributed by atoms with Crippen LogP contribution in [-0.2, 0) is 14.8 Å². The minimum atomic E-state index is -3.84. The van der Waals surface area contributed by atoms with Crippen molar-refractivity contribution < 1.29 is 13.2 Å². The molecule has 0 bridgehead atoms. The van der Waals surface area contributed by atoms with Crippen molar-refractivity contribution in [1.82, 2.24) is 9.97 Å². The molecule has 1 aliphatic heterocycles. The number of sulfonamides is 1. The van der Waals surface area contributed by atoms with Crippen molar-refractivity contribution in [3.05, 3.63) is 42.7 Å². The van der Waals surface area contributed by atoms with Crippen molar-refractivity contribution in [2.24, 2.45) is 10.1 Å². The van der Waals surface area contributed by atoms with Crippen LogP contribution in [0.2, 0.25) is 0 Å². The number of carbonyl (C=O) groups excluding carboxylic acids is 1. The molecule has 2 heterocycles. The summed E-state index contributed by atoms with van der Waals surface area (Å²) >= 11 is 1.13. The lowest BCUT2D eigenvalue weighted by atomic mass is 10.3. The second-order valence-corrected chi connectivity index (χ2v) is 7.63. The lowest BCUT2D eigenvalue weighted by Gasteiger charge is -2.07. The number of anilines is 2. The van der Waals surface area contributed by atoms with Crippen LogP contribution in [-0.4, -0.2) is 40.8 Å². The third-order valence-corrected chi connectivity index (χ3v) is 5.41. The van der Waals surface area contributed by atoms with Crippen molar-refractivity contribution in [1.29, 1.82) is 5.26 Å². The quantitative estimate of drug-likeness (QED) is 0.542. The third-order valence-electron chi connectivity index (χ3n) is 3.12. The number of amides is 1. The molecule has 0 radical (unpaired) electrons. The highest BCUT2D eigenvalue weighted by Gasteiger charge is 2.20. The van der Waals surface area contributed by atoms with Gasteiger partial charge in [0.05, 0.1) is 16.3 Å². The summed E-state index contributed by atoms with van der Waals surface area (Å²) in [5.41, 5.74) is 3.06. The second-order valence-electron chi connectivity index (χ2n) is 4.99. The Morgan fingerprint density at radius 2 is 1.93 bits per heavy atom. The summed E-state index contributed by atoms with van der Waals surface area (Å²) in [6.07, 6.45) is 2.84. The van der Waals surface area contributed by atoms with Gasteiger partial charge in [0.2, 0.25) is 5.95 Å². The standard InChI is InChI=1S/C15H11N7O3S2/c16-8-12(14-19-13(23)9-26-14)21-20-10-2-4-11(5-3-10)27(24,25)22-15-17-6-1-7-18-15/h1-7,20H,9H2,(H,17,18,22)/b21-12+. The van der Waals surface area contributed by atoms with Crippen LogP contribution >= 0.6 is 11.8 Å². The molecule has 10 nitrogen and oxygen atoms in total. The molecule has 0 unspecified atom stereocenters. The number of hydrogen-bond donors (Lipinski definition) is 2. The Morgan fingerprint density at radius 3 is 2.52 bits per heavy atom. The fourth-order valence-electron chi connectivity index (χ4n) is 1.91. The molecule has 0 saturated heterocycles. The Balaban J connectivity index is 1.72. The van der Waals surface area contributed by atoms with Crippen molar-refractivity contribution in [2.75, 3.05) is 15.9 Å². The molecule has 0 saturated carbocycles. The Kier molecular flexibility index (Phi) is 5.43. The zero-order valence-corrected chi connectivity index (χ0v) is 15.2. The van der Waals surface area contributed by atoms with Gasteiger partial charge in [0, 0.05) is 12.4 Å². The number of nitrogens with zero attached hydrogens (tertiary/aromatic N) is 5. The number of thioether (sulfide) groups is 1. The van der Waals surface area contributed by atoms with Crippen molar-refractivity contribution >= 4 is 50.1 Å².